The van der Waals surface area contributed by atoms with Gasteiger partial charge >= 0.3 is 0 Å². The van der Waals surface area contributed by atoms with Crippen molar-refractivity contribution < 1.29 is 14.2 Å². The predicted molar refractivity (Wildman–Crippen MR) is 103 cm³/mol. The molecule has 1 fully saturated rings. The van der Waals surface area contributed by atoms with Gasteiger partial charge in [0, 0.05) is 44.9 Å². The molecule has 0 unspecified atom stereocenters. The van der Waals surface area contributed by atoms with Gasteiger partial charge in [-0.2, -0.15) is 0 Å². The lowest BCUT2D eigenvalue weighted by Crippen LogP contribution is -2.40. The van der Waals surface area contributed by atoms with Crippen LogP contribution in [0.2, 0.25) is 0 Å². The summed E-state index contributed by atoms with van der Waals surface area (Å²) in [4.78, 5) is 4.45. The normalized spacial score (nSPS) is 14.8. The van der Waals surface area contributed by atoms with Gasteiger partial charge in [-0.3, -0.25) is 4.90 Å². The Hall–Kier alpha value is -1.57. The molecule has 6 nitrogen and oxygen atoms in total. The van der Waals surface area contributed by atoms with Gasteiger partial charge in [0.25, 0.3) is 0 Å². The van der Waals surface area contributed by atoms with Gasteiger partial charge in [-0.1, -0.05) is 0 Å². The third-order valence-corrected chi connectivity index (χ3v) is 4.74. The fourth-order valence-corrected chi connectivity index (χ4v) is 2.93. The number of hydrogen-bond donors (Lipinski definition) is 1. The molecule has 0 aromatic heterocycles. The average molecular weight is 368 g/mol. The molecule has 0 radical (unpaired) electrons. The Morgan fingerprint density at radius 3 is 2.72 bits per heavy atom. The molecule has 1 heterocycles. The van der Waals surface area contributed by atoms with Crippen molar-refractivity contribution in [2.45, 2.75) is 13.0 Å². The second kappa shape index (κ2) is 10.4. The summed E-state index contributed by atoms with van der Waals surface area (Å²) in [6, 6.07) is 5.84. The van der Waals surface area contributed by atoms with Crippen molar-refractivity contribution in [1.82, 2.24) is 15.1 Å². The van der Waals surface area contributed by atoms with Crippen LogP contribution in [-0.4, -0.2) is 75.6 Å². The zero-order valence-corrected chi connectivity index (χ0v) is 16.2. The minimum Gasteiger partial charge on any atom is -0.497 e. The van der Waals surface area contributed by atoms with Crippen LogP contribution in [-0.2, 0) is 11.3 Å². The second-order valence-corrected chi connectivity index (χ2v) is 6.46. The Morgan fingerprint density at radius 1 is 1.28 bits per heavy atom. The van der Waals surface area contributed by atoms with Crippen LogP contribution < -0.4 is 14.8 Å². The number of thiocarbonyl (C=S) groups is 1. The average Bonchev–Trinajstić information content (AvgIpc) is 2.66. The number of hydrogen-bond acceptors (Lipinski definition) is 5. The lowest BCUT2D eigenvalue weighted by atomic mass is 10.2. The molecule has 1 aliphatic rings. The van der Waals surface area contributed by atoms with Crippen LogP contribution in [0.4, 0.5) is 0 Å². The molecule has 0 aliphatic carbocycles. The number of methoxy groups -OCH3 is 2. The third kappa shape index (κ3) is 6.34. The second-order valence-electron chi connectivity index (χ2n) is 6.07. The summed E-state index contributed by atoms with van der Waals surface area (Å²) in [6.07, 6.45) is 1.07. The van der Waals surface area contributed by atoms with Crippen molar-refractivity contribution >= 4 is 17.3 Å². The lowest BCUT2D eigenvalue weighted by Gasteiger charge is -2.27. The van der Waals surface area contributed by atoms with Crippen molar-refractivity contribution in [2.24, 2.45) is 0 Å². The zero-order chi connectivity index (χ0) is 18.1. The summed E-state index contributed by atoms with van der Waals surface area (Å²) in [7, 11) is 5.30. The standard InChI is InChI=1S/C18H29N3O3S/c1-20(14-15-5-6-16(22-2)13-17(15)23-3)18(25)19-7-4-8-21-9-11-24-12-10-21/h5-6,13H,4,7-12,14H2,1-3H3,(H,19,25). The summed E-state index contributed by atoms with van der Waals surface area (Å²) >= 11 is 5.49. The Kier molecular flexibility index (Phi) is 8.24. The number of nitrogens with one attached hydrogen (secondary N) is 1. The highest BCUT2D eigenvalue weighted by molar-refractivity contribution is 7.80. The van der Waals surface area contributed by atoms with E-state index in [0.717, 1.165) is 68.0 Å². The monoisotopic (exact) mass is 367 g/mol. The molecule has 0 amide bonds. The van der Waals surface area contributed by atoms with Gasteiger partial charge in [0.05, 0.1) is 27.4 Å². The van der Waals surface area contributed by atoms with Gasteiger partial charge < -0.3 is 24.4 Å². The van der Waals surface area contributed by atoms with Crippen LogP contribution in [0.25, 0.3) is 0 Å². The summed E-state index contributed by atoms with van der Waals surface area (Å²) in [5.74, 6) is 1.59. The number of ether oxygens (including phenoxy) is 3. The van der Waals surface area contributed by atoms with Crippen molar-refractivity contribution in [3.8, 4) is 11.5 Å². The third-order valence-electron chi connectivity index (χ3n) is 4.28. The molecule has 1 saturated heterocycles. The summed E-state index contributed by atoms with van der Waals surface area (Å²) in [5, 5.41) is 4.09. The number of rotatable bonds is 8. The minimum absolute atomic E-state index is 0.683. The van der Waals surface area contributed by atoms with E-state index in [9.17, 15) is 0 Å². The van der Waals surface area contributed by atoms with E-state index in [1.54, 1.807) is 14.2 Å². The summed E-state index contributed by atoms with van der Waals surface area (Å²) < 4.78 is 16.0. The van der Waals surface area contributed by atoms with E-state index >= 15 is 0 Å². The predicted octanol–water partition coefficient (Wildman–Crippen LogP) is 1.73. The molecule has 25 heavy (non-hydrogen) atoms. The highest BCUT2D eigenvalue weighted by Crippen LogP contribution is 2.25. The number of morpholine rings is 1. The van der Waals surface area contributed by atoms with Crippen molar-refractivity contribution in [3.63, 3.8) is 0 Å². The fraction of sp³-hybridized carbons (Fsp3) is 0.611. The van der Waals surface area contributed by atoms with E-state index in [0.29, 0.717) is 6.54 Å². The first-order valence-electron chi connectivity index (χ1n) is 8.64. The topological polar surface area (TPSA) is 46.2 Å². The lowest BCUT2D eigenvalue weighted by molar-refractivity contribution is 0.0376. The van der Waals surface area contributed by atoms with Crippen LogP contribution in [0.15, 0.2) is 18.2 Å². The maximum absolute atomic E-state index is 5.49. The largest absolute Gasteiger partial charge is 0.497 e. The molecular weight excluding hydrogens is 338 g/mol. The summed E-state index contributed by atoms with van der Waals surface area (Å²) in [6.45, 7) is 6.39. The SMILES string of the molecule is COc1ccc(CN(C)C(=S)NCCCN2CCOCC2)c(OC)c1. The van der Waals surface area contributed by atoms with Crippen molar-refractivity contribution in [3.05, 3.63) is 23.8 Å². The van der Waals surface area contributed by atoms with E-state index in [-0.39, 0.29) is 0 Å². The van der Waals surface area contributed by atoms with Gasteiger partial charge in [0.2, 0.25) is 0 Å². The van der Waals surface area contributed by atoms with Gasteiger partial charge in [0.1, 0.15) is 11.5 Å². The highest BCUT2D eigenvalue weighted by Gasteiger charge is 2.11. The van der Waals surface area contributed by atoms with Gasteiger partial charge in [-0.05, 0) is 37.3 Å². The Morgan fingerprint density at radius 2 is 2.04 bits per heavy atom. The van der Waals surface area contributed by atoms with Crippen LogP contribution >= 0.6 is 12.2 Å². The van der Waals surface area contributed by atoms with E-state index in [1.807, 2.05) is 30.1 Å². The highest BCUT2D eigenvalue weighted by atomic mass is 32.1. The molecule has 7 heteroatoms. The van der Waals surface area contributed by atoms with Gasteiger partial charge in [0.15, 0.2) is 5.11 Å². The number of benzene rings is 1. The van der Waals surface area contributed by atoms with Crippen LogP contribution in [0.3, 0.4) is 0 Å². The maximum atomic E-state index is 5.49. The molecule has 1 aromatic carbocycles. The molecule has 140 valence electrons. The molecule has 1 N–H and O–H groups in total. The van der Waals surface area contributed by atoms with Gasteiger partial charge in [-0.25, -0.2) is 0 Å². The number of nitrogens with zero attached hydrogens (tertiary/aromatic N) is 2. The van der Waals surface area contributed by atoms with E-state index in [4.69, 9.17) is 26.4 Å². The van der Waals surface area contributed by atoms with E-state index in [1.165, 1.54) is 0 Å². The van der Waals surface area contributed by atoms with Gasteiger partial charge in [-0.15, -0.1) is 0 Å². The first-order chi connectivity index (χ1) is 12.1. The molecule has 0 saturated carbocycles. The quantitative estimate of drug-likeness (QED) is 0.555. The molecule has 0 bridgehead atoms. The Balaban J connectivity index is 1.74. The molecule has 0 atom stereocenters. The Bertz CT molecular complexity index is 550. The fourth-order valence-electron chi connectivity index (χ4n) is 2.77. The van der Waals surface area contributed by atoms with Crippen molar-refractivity contribution in [2.75, 3.05) is 60.7 Å². The van der Waals surface area contributed by atoms with E-state index in [2.05, 4.69) is 10.2 Å². The molecular formula is C18H29N3O3S. The Labute approximate surface area is 156 Å². The van der Waals surface area contributed by atoms with Crippen LogP contribution in [0.5, 0.6) is 11.5 Å². The maximum Gasteiger partial charge on any atom is 0.168 e. The summed E-state index contributed by atoms with van der Waals surface area (Å²) in [5.41, 5.74) is 1.07. The minimum atomic E-state index is 0.683. The first-order valence-corrected chi connectivity index (χ1v) is 9.05. The zero-order valence-electron chi connectivity index (χ0n) is 15.4. The van der Waals surface area contributed by atoms with Crippen LogP contribution in [0, 0.1) is 0 Å². The smallest absolute Gasteiger partial charge is 0.168 e. The van der Waals surface area contributed by atoms with Crippen molar-refractivity contribution in [1.29, 1.82) is 0 Å². The first kappa shape index (κ1) is 19.8. The molecule has 1 aromatic rings. The molecule has 2 rings (SSSR count). The van der Waals surface area contributed by atoms with Crippen LogP contribution in [0.1, 0.15) is 12.0 Å². The molecule has 0 spiro atoms. The van der Waals surface area contributed by atoms with E-state index < -0.39 is 0 Å². The molecule has 1 aliphatic heterocycles.